The van der Waals surface area contributed by atoms with Crippen LogP contribution in [0.1, 0.15) is 99.0 Å². The van der Waals surface area contributed by atoms with Crippen LogP contribution >= 0.6 is 0 Å². The highest BCUT2D eigenvalue weighted by molar-refractivity contribution is 7.89. The van der Waals surface area contributed by atoms with Crippen molar-refractivity contribution < 1.29 is 37.4 Å². The van der Waals surface area contributed by atoms with Crippen LogP contribution in [-0.2, 0) is 26.1 Å². The standard InChI is InChI=1S/C35H56N4O8S/c1-33(2,3)47-32(41)37-35(6,7)23-25-39(48(43,44)30-17-13-12-16-29(30)38-42)24-15-11-9-10-14-22-34(4,5)36-31(40)46-26-27-18-20-28(45-8)21-19-27/h12-13,16-21,38,42H,9-11,14-15,22-26H2,1-8H3,(H,36,40)(H,37,41). The number of sulfonamides is 1. The molecule has 0 saturated carbocycles. The molecule has 0 fully saturated rings. The monoisotopic (exact) mass is 692 g/mol. The van der Waals surface area contributed by atoms with Gasteiger partial charge in [-0.3, -0.25) is 10.7 Å². The first-order valence-electron chi connectivity index (χ1n) is 16.5. The number of carbonyl (C=O) groups excluding carboxylic acids is 2. The van der Waals surface area contributed by atoms with Crippen molar-refractivity contribution in [3.63, 3.8) is 0 Å². The van der Waals surface area contributed by atoms with Crippen LogP contribution in [0.4, 0.5) is 15.3 Å². The van der Waals surface area contributed by atoms with Gasteiger partial charge in [-0.1, -0.05) is 49.9 Å². The minimum absolute atomic E-state index is 0.0253. The second-order valence-corrected chi connectivity index (χ2v) is 16.1. The van der Waals surface area contributed by atoms with Crippen LogP contribution in [0.2, 0.25) is 0 Å². The second-order valence-electron chi connectivity index (χ2n) is 14.2. The average molecular weight is 693 g/mol. The maximum absolute atomic E-state index is 13.8. The maximum atomic E-state index is 13.8. The molecule has 0 aliphatic rings. The molecule has 0 atom stereocenters. The zero-order valence-electron chi connectivity index (χ0n) is 29.9. The Balaban J connectivity index is 1.88. The summed E-state index contributed by atoms with van der Waals surface area (Å²) < 4.78 is 44.9. The van der Waals surface area contributed by atoms with E-state index >= 15 is 0 Å². The van der Waals surface area contributed by atoms with Crippen LogP contribution in [0.5, 0.6) is 5.75 Å². The van der Waals surface area contributed by atoms with E-state index in [1.165, 1.54) is 16.4 Å². The van der Waals surface area contributed by atoms with Crippen LogP contribution < -0.4 is 20.9 Å². The first kappa shape index (κ1) is 40.6. The van der Waals surface area contributed by atoms with Crippen molar-refractivity contribution >= 4 is 27.9 Å². The van der Waals surface area contributed by atoms with E-state index in [1.807, 2.05) is 57.4 Å². The van der Waals surface area contributed by atoms with Gasteiger partial charge in [-0.2, -0.15) is 4.31 Å². The molecule has 0 aromatic heterocycles. The number of hydrogen-bond donors (Lipinski definition) is 4. The van der Waals surface area contributed by atoms with Crippen molar-refractivity contribution in [3.05, 3.63) is 54.1 Å². The third kappa shape index (κ3) is 14.7. The SMILES string of the molecule is COc1ccc(COC(=O)NC(C)(C)CCCCCCCN(CCC(C)(C)NC(=O)OC(C)(C)C)S(=O)(=O)c2ccccc2NO)cc1. The second kappa shape index (κ2) is 18.3. The first-order valence-corrected chi connectivity index (χ1v) is 17.9. The lowest BCUT2D eigenvalue weighted by atomic mass is 9.96. The molecule has 4 N–H and O–H groups in total. The Hall–Kier alpha value is -3.55. The number of carbonyl (C=O) groups is 2. The van der Waals surface area contributed by atoms with E-state index in [-0.39, 0.29) is 30.3 Å². The minimum atomic E-state index is -3.97. The van der Waals surface area contributed by atoms with E-state index in [0.717, 1.165) is 43.4 Å². The fourth-order valence-corrected chi connectivity index (χ4v) is 6.57. The Morgan fingerprint density at radius 1 is 0.771 bits per heavy atom. The van der Waals surface area contributed by atoms with Gasteiger partial charge < -0.3 is 24.8 Å². The third-order valence-electron chi connectivity index (χ3n) is 7.63. The normalized spacial score (nSPS) is 12.4. The summed E-state index contributed by atoms with van der Waals surface area (Å²) in [5.74, 6) is 0.738. The molecule has 0 radical (unpaired) electrons. The number of rotatable bonds is 19. The van der Waals surface area contributed by atoms with E-state index in [1.54, 1.807) is 40.0 Å². The fourth-order valence-electron chi connectivity index (χ4n) is 4.95. The van der Waals surface area contributed by atoms with Gasteiger partial charge in [-0.15, -0.1) is 0 Å². The van der Waals surface area contributed by atoms with Crippen LogP contribution in [0.3, 0.4) is 0 Å². The summed E-state index contributed by atoms with van der Waals surface area (Å²) >= 11 is 0. The fraction of sp³-hybridized carbons (Fsp3) is 0.600. The summed E-state index contributed by atoms with van der Waals surface area (Å²) in [5, 5.41) is 15.4. The predicted octanol–water partition coefficient (Wildman–Crippen LogP) is 7.23. The molecular weight excluding hydrogens is 636 g/mol. The summed E-state index contributed by atoms with van der Waals surface area (Å²) in [6.45, 7) is 13.5. The van der Waals surface area contributed by atoms with Gasteiger partial charge in [0.2, 0.25) is 10.0 Å². The molecule has 2 amide bonds. The molecule has 0 saturated heterocycles. The number of amides is 2. The van der Waals surface area contributed by atoms with E-state index in [4.69, 9.17) is 14.2 Å². The van der Waals surface area contributed by atoms with Crippen molar-refractivity contribution in [2.75, 3.05) is 25.7 Å². The van der Waals surface area contributed by atoms with Gasteiger partial charge in [-0.05, 0) is 97.6 Å². The van der Waals surface area contributed by atoms with E-state index in [9.17, 15) is 23.2 Å². The van der Waals surface area contributed by atoms with Crippen molar-refractivity contribution in [2.24, 2.45) is 0 Å². The molecule has 13 heteroatoms. The minimum Gasteiger partial charge on any atom is -0.497 e. The molecule has 0 spiro atoms. The zero-order valence-corrected chi connectivity index (χ0v) is 30.7. The van der Waals surface area contributed by atoms with E-state index in [2.05, 4.69) is 10.6 Å². The molecule has 2 aromatic rings. The third-order valence-corrected chi connectivity index (χ3v) is 9.59. The average Bonchev–Trinajstić information content (AvgIpc) is 2.99. The topological polar surface area (TPSA) is 156 Å². The Bertz CT molecular complexity index is 1410. The Kier molecular flexibility index (Phi) is 15.5. The predicted molar refractivity (Wildman–Crippen MR) is 187 cm³/mol. The quantitative estimate of drug-likeness (QED) is 0.0882. The molecule has 12 nitrogen and oxygen atoms in total. The molecule has 0 heterocycles. The summed E-state index contributed by atoms with van der Waals surface area (Å²) in [6, 6.07) is 13.5. The number of nitrogens with one attached hydrogen (secondary N) is 3. The highest BCUT2D eigenvalue weighted by Crippen LogP contribution is 2.26. The van der Waals surface area contributed by atoms with Gasteiger partial charge in [0.05, 0.1) is 12.8 Å². The summed E-state index contributed by atoms with van der Waals surface area (Å²) in [5.41, 5.74) is 1.10. The highest BCUT2D eigenvalue weighted by atomic mass is 32.2. The lowest BCUT2D eigenvalue weighted by molar-refractivity contribution is 0.0465. The van der Waals surface area contributed by atoms with Crippen molar-refractivity contribution in [3.8, 4) is 5.75 Å². The Labute approximate surface area is 286 Å². The lowest BCUT2D eigenvalue weighted by Crippen LogP contribution is -2.48. The smallest absolute Gasteiger partial charge is 0.408 e. The zero-order chi connectivity index (χ0) is 36.0. The number of unbranched alkanes of at least 4 members (excludes halogenated alkanes) is 4. The lowest BCUT2D eigenvalue weighted by Gasteiger charge is -2.31. The van der Waals surface area contributed by atoms with Gasteiger partial charge >= 0.3 is 12.2 Å². The molecule has 270 valence electrons. The number of benzene rings is 2. The molecule has 0 unspecified atom stereocenters. The molecule has 2 rings (SSSR count). The number of methoxy groups -OCH3 is 1. The number of anilines is 1. The van der Waals surface area contributed by atoms with Crippen LogP contribution in [0.15, 0.2) is 53.4 Å². The molecule has 0 aliphatic heterocycles. The number of para-hydroxylation sites is 1. The van der Waals surface area contributed by atoms with Gasteiger partial charge in [0.1, 0.15) is 22.9 Å². The maximum Gasteiger partial charge on any atom is 0.408 e. The molecule has 2 aromatic carbocycles. The number of hydrogen-bond acceptors (Lipinski definition) is 9. The van der Waals surface area contributed by atoms with Crippen molar-refractivity contribution in [2.45, 2.75) is 122 Å². The highest BCUT2D eigenvalue weighted by Gasteiger charge is 2.31. The first-order chi connectivity index (χ1) is 22.4. The molecule has 0 aliphatic carbocycles. The van der Waals surface area contributed by atoms with Crippen LogP contribution in [0, 0.1) is 0 Å². The van der Waals surface area contributed by atoms with Crippen molar-refractivity contribution in [1.29, 1.82) is 0 Å². The summed E-state index contributed by atoms with van der Waals surface area (Å²) in [6.07, 6.45) is 4.19. The molecular formula is C35H56N4O8S. The molecule has 0 bridgehead atoms. The Morgan fingerprint density at radius 2 is 1.35 bits per heavy atom. The van der Waals surface area contributed by atoms with Gasteiger partial charge in [-0.25, -0.2) is 18.0 Å². The van der Waals surface area contributed by atoms with Crippen molar-refractivity contribution in [1.82, 2.24) is 14.9 Å². The van der Waals surface area contributed by atoms with Crippen LogP contribution in [-0.4, -0.2) is 67.0 Å². The van der Waals surface area contributed by atoms with Gasteiger partial charge in [0.15, 0.2) is 0 Å². The van der Waals surface area contributed by atoms with Gasteiger partial charge in [0.25, 0.3) is 0 Å². The van der Waals surface area contributed by atoms with E-state index in [0.29, 0.717) is 12.8 Å². The summed E-state index contributed by atoms with van der Waals surface area (Å²) in [4.78, 5) is 24.8. The van der Waals surface area contributed by atoms with Crippen LogP contribution in [0.25, 0.3) is 0 Å². The Morgan fingerprint density at radius 3 is 1.98 bits per heavy atom. The summed E-state index contributed by atoms with van der Waals surface area (Å²) in [7, 11) is -2.37. The number of alkyl carbamates (subject to hydrolysis) is 2. The largest absolute Gasteiger partial charge is 0.497 e. The molecule has 48 heavy (non-hydrogen) atoms. The van der Waals surface area contributed by atoms with Gasteiger partial charge in [0, 0.05) is 24.2 Å². The number of nitrogens with zero attached hydrogens (tertiary/aromatic N) is 1. The van der Waals surface area contributed by atoms with E-state index < -0.39 is 38.9 Å². The number of ether oxygens (including phenoxy) is 3.